The smallest absolute Gasteiger partial charge is 0.232 e. The Morgan fingerprint density at radius 2 is 1.62 bits per heavy atom. The molecule has 21 heavy (non-hydrogen) atoms. The largest absolute Gasteiger partial charge is 0.467 e. The number of hydrogen-bond acceptors (Lipinski definition) is 5. The number of ether oxygens (including phenoxy) is 1. The number of rotatable bonds is 4. The fourth-order valence-electron chi connectivity index (χ4n) is 1.88. The minimum Gasteiger partial charge on any atom is -0.467 e. The normalized spacial score (nSPS) is 11.9. The summed E-state index contributed by atoms with van der Waals surface area (Å²) in [4.78, 5) is 17.1. The molecule has 0 amide bonds. The molecule has 1 unspecified atom stereocenters. The molecule has 0 aliphatic heterocycles. The Morgan fingerprint density at radius 1 is 0.810 bits per heavy atom. The zero-order valence-electron chi connectivity index (χ0n) is 11.5. The van der Waals surface area contributed by atoms with Crippen LogP contribution in [0, 0.1) is 0 Å². The molecule has 0 bridgehead atoms. The molecule has 5 heteroatoms. The first kappa shape index (κ1) is 13.2. The van der Waals surface area contributed by atoms with Crippen molar-refractivity contribution < 1.29 is 4.74 Å². The van der Waals surface area contributed by atoms with Crippen molar-refractivity contribution in [1.82, 2.24) is 19.9 Å². The third-order valence-electron chi connectivity index (χ3n) is 2.96. The van der Waals surface area contributed by atoms with Gasteiger partial charge in [-0.25, -0.2) is 9.97 Å². The summed E-state index contributed by atoms with van der Waals surface area (Å²) in [6.45, 7) is 1.93. The predicted octanol–water partition coefficient (Wildman–Crippen LogP) is 3.07. The predicted molar refractivity (Wildman–Crippen MR) is 78.5 cm³/mol. The van der Waals surface area contributed by atoms with Crippen LogP contribution in [0.15, 0.2) is 61.2 Å². The van der Waals surface area contributed by atoms with Crippen LogP contribution in [0.3, 0.4) is 0 Å². The summed E-state index contributed by atoms with van der Waals surface area (Å²) < 4.78 is 5.73. The van der Waals surface area contributed by atoms with Gasteiger partial charge in [0.2, 0.25) is 5.88 Å². The maximum atomic E-state index is 5.73. The molecule has 0 saturated carbocycles. The molecule has 3 rings (SSSR count). The molecule has 0 radical (unpaired) electrons. The van der Waals surface area contributed by atoms with Crippen molar-refractivity contribution in [2.24, 2.45) is 0 Å². The summed E-state index contributed by atoms with van der Waals surface area (Å²) in [7, 11) is 0. The maximum Gasteiger partial charge on any atom is 0.232 e. The van der Waals surface area contributed by atoms with Gasteiger partial charge in [0.25, 0.3) is 0 Å². The molecule has 0 spiro atoms. The van der Waals surface area contributed by atoms with E-state index in [1.165, 1.54) is 0 Å². The highest BCUT2D eigenvalue weighted by Gasteiger charge is 2.09. The van der Waals surface area contributed by atoms with Crippen LogP contribution in [0.25, 0.3) is 11.4 Å². The van der Waals surface area contributed by atoms with E-state index in [1.807, 2.05) is 43.3 Å². The lowest BCUT2D eigenvalue weighted by atomic mass is 10.2. The molecular formula is C16H14N4O. The van der Waals surface area contributed by atoms with Crippen molar-refractivity contribution in [2.75, 3.05) is 0 Å². The summed E-state index contributed by atoms with van der Waals surface area (Å²) >= 11 is 0. The summed E-state index contributed by atoms with van der Waals surface area (Å²) in [5.41, 5.74) is 2.36. The Balaban J connectivity index is 1.73. The molecule has 0 N–H and O–H groups in total. The Hall–Kier alpha value is -2.82. The summed E-state index contributed by atoms with van der Waals surface area (Å²) in [6, 6.07) is 11.4. The molecule has 5 nitrogen and oxygen atoms in total. The van der Waals surface area contributed by atoms with E-state index in [0.29, 0.717) is 11.6 Å². The minimum absolute atomic E-state index is 0.179. The summed E-state index contributed by atoms with van der Waals surface area (Å²) in [6.07, 6.45) is 6.54. The standard InChI is InChI=1S/C16H14N4O/c1-12(13-6-2-4-8-17-13)21-16-11-19-15(10-20-16)14-7-3-5-9-18-14/h2-12H,1H3. The highest BCUT2D eigenvalue weighted by Crippen LogP contribution is 2.19. The average molecular weight is 278 g/mol. The van der Waals surface area contributed by atoms with Gasteiger partial charge in [0.15, 0.2) is 0 Å². The van der Waals surface area contributed by atoms with Gasteiger partial charge in [0.1, 0.15) is 11.8 Å². The third kappa shape index (κ3) is 3.20. The van der Waals surface area contributed by atoms with E-state index in [2.05, 4.69) is 19.9 Å². The monoisotopic (exact) mass is 278 g/mol. The lowest BCUT2D eigenvalue weighted by molar-refractivity contribution is 0.212. The van der Waals surface area contributed by atoms with Gasteiger partial charge in [-0.1, -0.05) is 12.1 Å². The zero-order chi connectivity index (χ0) is 14.5. The van der Waals surface area contributed by atoms with Crippen molar-refractivity contribution in [1.29, 1.82) is 0 Å². The van der Waals surface area contributed by atoms with Crippen LogP contribution < -0.4 is 4.74 Å². The van der Waals surface area contributed by atoms with Gasteiger partial charge in [0, 0.05) is 12.4 Å². The summed E-state index contributed by atoms with van der Waals surface area (Å²) in [5, 5.41) is 0. The SMILES string of the molecule is CC(Oc1cnc(-c2ccccn2)cn1)c1ccccn1. The van der Waals surface area contributed by atoms with Crippen LogP contribution in [-0.2, 0) is 0 Å². The maximum absolute atomic E-state index is 5.73. The van der Waals surface area contributed by atoms with Crippen molar-refractivity contribution in [3.8, 4) is 17.3 Å². The first-order valence-electron chi connectivity index (χ1n) is 6.64. The van der Waals surface area contributed by atoms with Crippen molar-refractivity contribution in [3.05, 3.63) is 66.9 Å². The van der Waals surface area contributed by atoms with Crippen LogP contribution in [-0.4, -0.2) is 19.9 Å². The fraction of sp³-hybridized carbons (Fsp3) is 0.125. The zero-order valence-corrected chi connectivity index (χ0v) is 11.5. The molecule has 0 saturated heterocycles. The second kappa shape index (κ2) is 6.09. The molecule has 3 aromatic rings. The Kier molecular flexibility index (Phi) is 3.82. The van der Waals surface area contributed by atoms with E-state index in [1.54, 1.807) is 24.8 Å². The van der Waals surface area contributed by atoms with Crippen LogP contribution in [0.1, 0.15) is 18.7 Å². The molecular weight excluding hydrogens is 264 g/mol. The van der Waals surface area contributed by atoms with Gasteiger partial charge < -0.3 is 4.74 Å². The molecule has 3 heterocycles. The van der Waals surface area contributed by atoms with Gasteiger partial charge >= 0.3 is 0 Å². The second-order valence-electron chi connectivity index (χ2n) is 4.47. The quantitative estimate of drug-likeness (QED) is 0.734. The third-order valence-corrected chi connectivity index (χ3v) is 2.96. The van der Waals surface area contributed by atoms with Gasteiger partial charge in [-0.2, -0.15) is 0 Å². The van der Waals surface area contributed by atoms with E-state index in [-0.39, 0.29) is 6.10 Å². The second-order valence-corrected chi connectivity index (χ2v) is 4.47. The molecule has 0 aromatic carbocycles. The first-order chi connectivity index (χ1) is 10.3. The lowest BCUT2D eigenvalue weighted by Gasteiger charge is -2.12. The van der Waals surface area contributed by atoms with E-state index < -0.39 is 0 Å². The van der Waals surface area contributed by atoms with Gasteiger partial charge in [-0.3, -0.25) is 9.97 Å². The number of hydrogen-bond donors (Lipinski definition) is 0. The molecule has 0 aliphatic rings. The van der Waals surface area contributed by atoms with E-state index >= 15 is 0 Å². The van der Waals surface area contributed by atoms with Gasteiger partial charge in [0.05, 0.1) is 23.8 Å². The van der Waals surface area contributed by atoms with Crippen molar-refractivity contribution in [3.63, 3.8) is 0 Å². The van der Waals surface area contributed by atoms with E-state index in [9.17, 15) is 0 Å². The Labute approximate surface area is 122 Å². The van der Waals surface area contributed by atoms with E-state index in [4.69, 9.17) is 4.74 Å². The van der Waals surface area contributed by atoms with Crippen molar-refractivity contribution >= 4 is 0 Å². The summed E-state index contributed by atoms with van der Waals surface area (Å²) in [5.74, 6) is 0.466. The number of pyridine rings is 2. The number of nitrogens with zero attached hydrogens (tertiary/aromatic N) is 4. The Morgan fingerprint density at radius 3 is 2.24 bits per heavy atom. The molecule has 104 valence electrons. The average Bonchev–Trinajstić information content (AvgIpc) is 2.57. The van der Waals surface area contributed by atoms with Crippen LogP contribution in [0.4, 0.5) is 0 Å². The van der Waals surface area contributed by atoms with E-state index in [0.717, 1.165) is 11.4 Å². The molecule has 1 atom stereocenters. The van der Waals surface area contributed by atoms with Gasteiger partial charge in [-0.15, -0.1) is 0 Å². The highest BCUT2D eigenvalue weighted by molar-refractivity contribution is 5.52. The number of aromatic nitrogens is 4. The van der Waals surface area contributed by atoms with Crippen molar-refractivity contribution in [2.45, 2.75) is 13.0 Å². The van der Waals surface area contributed by atoms with Crippen LogP contribution in [0.5, 0.6) is 5.88 Å². The van der Waals surface area contributed by atoms with Gasteiger partial charge in [-0.05, 0) is 31.2 Å². The molecule has 0 aliphatic carbocycles. The first-order valence-corrected chi connectivity index (χ1v) is 6.64. The minimum atomic E-state index is -0.179. The molecule has 3 aromatic heterocycles. The lowest BCUT2D eigenvalue weighted by Crippen LogP contribution is -2.06. The van der Waals surface area contributed by atoms with Crippen LogP contribution in [0.2, 0.25) is 0 Å². The fourth-order valence-corrected chi connectivity index (χ4v) is 1.88. The highest BCUT2D eigenvalue weighted by atomic mass is 16.5. The molecule has 0 fully saturated rings. The topological polar surface area (TPSA) is 60.8 Å². The Bertz CT molecular complexity index is 686. The van der Waals surface area contributed by atoms with Crippen LogP contribution >= 0.6 is 0 Å².